The summed E-state index contributed by atoms with van der Waals surface area (Å²) in [6.07, 6.45) is 3.99. The van der Waals surface area contributed by atoms with Crippen molar-refractivity contribution in [2.45, 2.75) is 18.9 Å². The quantitative estimate of drug-likeness (QED) is 0.716. The third-order valence-electron chi connectivity index (χ3n) is 2.31. The molecule has 6 heteroatoms. The van der Waals surface area contributed by atoms with Crippen molar-refractivity contribution < 1.29 is 19.5 Å². The lowest BCUT2D eigenvalue weighted by Gasteiger charge is -2.07. The van der Waals surface area contributed by atoms with Gasteiger partial charge in [0.05, 0.1) is 0 Å². The van der Waals surface area contributed by atoms with Crippen molar-refractivity contribution >= 4 is 11.9 Å². The molecular weight excluding hydrogens is 212 g/mol. The van der Waals surface area contributed by atoms with Crippen molar-refractivity contribution in [3.8, 4) is 0 Å². The molecule has 2 N–H and O–H groups in total. The van der Waals surface area contributed by atoms with Crippen LogP contribution in [-0.4, -0.2) is 28.2 Å². The maximum Gasteiger partial charge on any atom is 0.332 e. The molecule has 1 heterocycles. The van der Waals surface area contributed by atoms with Crippen LogP contribution in [0.5, 0.6) is 0 Å². The van der Waals surface area contributed by atoms with Gasteiger partial charge < -0.3 is 9.67 Å². The van der Waals surface area contributed by atoms with Gasteiger partial charge in [-0.2, -0.15) is 0 Å². The Balaban J connectivity index is 1.92. The van der Waals surface area contributed by atoms with Crippen molar-refractivity contribution in [3.05, 3.63) is 24.0 Å². The summed E-state index contributed by atoms with van der Waals surface area (Å²) in [5.74, 6) is -1.55. The monoisotopic (exact) mass is 224 g/mol. The number of carbonyl (C=O) groups excluding carboxylic acids is 1. The first kappa shape index (κ1) is 10.7. The number of hydrogen-bond donors (Lipinski definition) is 2. The van der Waals surface area contributed by atoms with E-state index in [1.54, 1.807) is 12.1 Å². The molecule has 1 amide bonds. The van der Waals surface area contributed by atoms with Gasteiger partial charge in [0.25, 0.3) is 5.91 Å². The number of carboxylic acid groups (broad SMARTS) is 1. The van der Waals surface area contributed by atoms with E-state index in [1.165, 1.54) is 0 Å². The molecule has 1 aromatic rings. The van der Waals surface area contributed by atoms with Crippen molar-refractivity contribution in [2.75, 3.05) is 6.61 Å². The molecule has 1 saturated carbocycles. The Morgan fingerprint density at radius 3 is 2.94 bits per heavy atom. The number of nitrogens with one attached hydrogen (secondary N) is 1. The minimum Gasteiger partial charge on any atom is -0.479 e. The lowest BCUT2D eigenvalue weighted by Crippen LogP contribution is -2.28. The van der Waals surface area contributed by atoms with E-state index < -0.39 is 18.5 Å². The van der Waals surface area contributed by atoms with Gasteiger partial charge in [-0.05, 0) is 25.0 Å². The highest BCUT2D eigenvalue weighted by Crippen LogP contribution is 2.35. The summed E-state index contributed by atoms with van der Waals surface area (Å²) in [7, 11) is 0. The topological polar surface area (TPSA) is 80.6 Å². The van der Waals surface area contributed by atoms with Crippen LogP contribution in [0.2, 0.25) is 0 Å². The zero-order chi connectivity index (χ0) is 11.5. The average Bonchev–Trinajstić information content (AvgIpc) is 2.95. The largest absolute Gasteiger partial charge is 0.479 e. The Bertz CT molecular complexity index is 409. The predicted molar refractivity (Wildman–Crippen MR) is 53.8 cm³/mol. The zero-order valence-corrected chi connectivity index (χ0v) is 8.55. The first-order valence-corrected chi connectivity index (χ1v) is 4.99. The van der Waals surface area contributed by atoms with Crippen LogP contribution in [0.1, 0.15) is 29.4 Å². The van der Waals surface area contributed by atoms with Gasteiger partial charge in [0, 0.05) is 12.2 Å². The molecule has 0 radical (unpaired) electrons. The summed E-state index contributed by atoms with van der Waals surface area (Å²) in [5.41, 5.74) is 2.59. The smallest absolute Gasteiger partial charge is 0.332 e. The molecule has 0 spiro atoms. The first-order valence-electron chi connectivity index (χ1n) is 4.99. The Labute approximate surface area is 91.8 Å². The summed E-state index contributed by atoms with van der Waals surface area (Å²) >= 11 is 0. The second-order valence-electron chi connectivity index (χ2n) is 3.65. The summed E-state index contributed by atoms with van der Waals surface area (Å²) in [5, 5.41) is 8.33. The molecule has 1 aromatic heterocycles. The molecule has 0 bridgehead atoms. The molecule has 0 saturated heterocycles. The van der Waals surface area contributed by atoms with Crippen LogP contribution in [0.15, 0.2) is 18.3 Å². The number of amides is 1. The van der Waals surface area contributed by atoms with Crippen LogP contribution in [0.25, 0.3) is 0 Å². The molecule has 2 rings (SSSR count). The van der Waals surface area contributed by atoms with E-state index >= 15 is 0 Å². The molecule has 16 heavy (non-hydrogen) atoms. The predicted octanol–water partition coefficient (Wildman–Crippen LogP) is 0.569. The molecule has 0 unspecified atom stereocenters. The van der Waals surface area contributed by atoms with Gasteiger partial charge in [-0.1, -0.05) is 0 Å². The van der Waals surface area contributed by atoms with Crippen molar-refractivity contribution in [3.63, 3.8) is 0 Å². The maximum atomic E-state index is 11.6. The number of carbonyl (C=O) groups is 2. The first-order chi connectivity index (χ1) is 7.68. The van der Waals surface area contributed by atoms with Crippen LogP contribution in [-0.2, 0) is 9.63 Å². The third-order valence-corrected chi connectivity index (χ3v) is 2.31. The number of carboxylic acids is 1. The minimum atomic E-state index is -1.13. The molecule has 1 aliphatic carbocycles. The number of aliphatic carboxylic acids is 1. The van der Waals surface area contributed by atoms with Gasteiger partial charge in [-0.3, -0.25) is 9.63 Å². The van der Waals surface area contributed by atoms with Crippen LogP contribution in [0.3, 0.4) is 0 Å². The number of hydroxylamine groups is 1. The molecule has 0 aromatic carbocycles. The number of nitrogens with zero attached hydrogens (tertiary/aromatic N) is 1. The van der Waals surface area contributed by atoms with Gasteiger partial charge in [-0.15, -0.1) is 0 Å². The highest BCUT2D eigenvalue weighted by Gasteiger charge is 2.26. The van der Waals surface area contributed by atoms with E-state index in [-0.39, 0.29) is 0 Å². The van der Waals surface area contributed by atoms with Crippen molar-refractivity contribution in [1.29, 1.82) is 0 Å². The molecule has 1 aliphatic rings. The van der Waals surface area contributed by atoms with Gasteiger partial charge >= 0.3 is 5.97 Å². The fraction of sp³-hybridized carbons (Fsp3) is 0.400. The number of hydrogen-bond acceptors (Lipinski definition) is 3. The van der Waals surface area contributed by atoms with Gasteiger partial charge in [-0.25, -0.2) is 10.3 Å². The average molecular weight is 224 g/mol. The molecular formula is C10H12N2O4. The van der Waals surface area contributed by atoms with Gasteiger partial charge in [0.1, 0.15) is 5.69 Å². The van der Waals surface area contributed by atoms with Crippen LogP contribution in [0.4, 0.5) is 0 Å². The summed E-state index contributed by atoms with van der Waals surface area (Å²) < 4.78 is 1.87. The lowest BCUT2D eigenvalue weighted by molar-refractivity contribution is -0.144. The second-order valence-corrected chi connectivity index (χ2v) is 3.65. The maximum absolute atomic E-state index is 11.6. The summed E-state index contributed by atoms with van der Waals surface area (Å²) in [6.45, 7) is -0.546. The van der Waals surface area contributed by atoms with E-state index in [1.807, 2.05) is 10.8 Å². The normalized spacial score (nSPS) is 14.8. The van der Waals surface area contributed by atoms with E-state index in [0.29, 0.717) is 11.7 Å². The molecule has 6 nitrogen and oxygen atoms in total. The van der Waals surface area contributed by atoms with Crippen molar-refractivity contribution in [2.24, 2.45) is 0 Å². The van der Waals surface area contributed by atoms with Crippen molar-refractivity contribution in [1.82, 2.24) is 10.0 Å². The molecule has 0 aliphatic heterocycles. The highest BCUT2D eigenvalue weighted by atomic mass is 16.7. The van der Waals surface area contributed by atoms with Gasteiger partial charge in [0.15, 0.2) is 6.61 Å². The van der Waals surface area contributed by atoms with E-state index in [2.05, 4.69) is 10.3 Å². The zero-order valence-electron chi connectivity index (χ0n) is 8.55. The fourth-order valence-electron chi connectivity index (χ4n) is 1.47. The Morgan fingerprint density at radius 1 is 1.56 bits per heavy atom. The van der Waals surface area contributed by atoms with Gasteiger partial charge in [0.2, 0.25) is 0 Å². The van der Waals surface area contributed by atoms with E-state index in [9.17, 15) is 9.59 Å². The van der Waals surface area contributed by atoms with Crippen LogP contribution < -0.4 is 5.48 Å². The number of rotatable bonds is 5. The standard InChI is InChI=1S/C10H12N2O4/c13-9(14)6-16-11-10(15)8-2-1-5-12(8)7-3-4-7/h1-2,5,7H,3-4,6H2,(H,11,15)(H,13,14). The number of aromatic nitrogens is 1. The Morgan fingerprint density at radius 2 is 2.31 bits per heavy atom. The second kappa shape index (κ2) is 4.36. The summed E-state index contributed by atoms with van der Waals surface area (Å²) in [6, 6.07) is 3.86. The Kier molecular flexibility index (Phi) is 2.91. The Hall–Kier alpha value is -1.82. The lowest BCUT2D eigenvalue weighted by atomic mass is 10.4. The minimum absolute atomic E-state index is 0.398. The van der Waals surface area contributed by atoms with E-state index in [0.717, 1.165) is 12.8 Å². The molecule has 0 atom stereocenters. The third kappa shape index (κ3) is 2.40. The van der Waals surface area contributed by atoms with Crippen LogP contribution >= 0.6 is 0 Å². The van der Waals surface area contributed by atoms with Crippen LogP contribution in [0, 0.1) is 0 Å². The molecule has 86 valence electrons. The van der Waals surface area contributed by atoms with E-state index in [4.69, 9.17) is 5.11 Å². The SMILES string of the molecule is O=C(O)CONC(=O)c1cccn1C1CC1. The summed E-state index contributed by atoms with van der Waals surface area (Å²) in [4.78, 5) is 26.3. The molecule has 1 fully saturated rings. The highest BCUT2D eigenvalue weighted by molar-refractivity contribution is 5.92. The fourth-order valence-corrected chi connectivity index (χ4v) is 1.47.